The lowest BCUT2D eigenvalue weighted by molar-refractivity contribution is -0.155. The van der Waals surface area contributed by atoms with Crippen molar-refractivity contribution in [2.24, 2.45) is 39.7 Å². The minimum Gasteiger partial charge on any atom is -0.462 e. The van der Waals surface area contributed by atoms with Crippen LogP contribution in [0.15, 0.2) is 22.9 Å². The van der Waals surface area contributed by atoms with Crippen LogP contribution in [-0.4, -0.2) is 17.9 Å². The summed E-state index contributed by atoms with van der Waals surface area (Å²) < 4.78 is 5.87. The predicted octanol–water partition coefficient (Wildman–Crippen LogP) is 3.80. The summed E-state index contributed by atoms with van der Waals surface area (Å²) in [7, 11) is 0. The highest BCUT2D eigenvalue weighted by molar-refractivity contribution is 6.00. The molecular weight excluding hydrogens is 364 g/mol. The van der Waals surface area contributed by atoms with Gasteiger partial charge in [0.1, 0.15) is 6.10 Å². The lowest BCUT2D eigenvalue weighted by Gasteiger charge is -2.58. The van der Waals surface area contributed by atoms with Crippen molar-refractivity contribution in [2.45, 2.75) is 71.8 Å². The normalized spacial score (nSPS) is 47.2. The molecule has 2 N–H and O–H groups in total. The SMILES string of the molecule is CCC(=O)O[C@H]1CCC2C3C(=CCC21C)C1(C)CCC(=O)C2=C(N)[C@@H]3C[C@]21C#N. The third-order valence-corrected chi connectivity index (χ3v) is 9.41. The van der Waals surface area contributed by atoms with Crippen LogP contribution in [0.4, 0.5) is 0 Å². The number of fused-ring (bicyclic) bond motifs is 6. The molecule has 154 valence electrons. The van der Waals surface area contributed by atoms with E-state index in [-0.39, 0.29) is 40.5 Å². The van der Waals surface area contributed by atoms with Gasteiger partial charge in [-0.05, 0) is 43.9 Å². The van der Waals surface area contributed by atoms with Gasteiger partial charge in [0, 0.05) is 40.9 Å². The number of ether oxygens (including phenoxy) is 1. The lowest BCUT2D eigenvalue weighted by Crippen LogP contribution is -2.54. The van der Waals surface area contributed by atoms with Crippen LogP contribution in [-0.2, 0) is 14.3 Å². The third kappa shape index (κ3) is 2.01. The van der Waals surface area contributed by atoms with Gasteiger partial charge < -0.3 is 10.5 Å². The van der Waals surface area contributed by atoms with Crippen molar-refractivity contribution in [1.82, 2.24) is 0 Å². The number of nitrogens with two attached hydrogens (primary N) is 1. The summed E-state index contributed by atoms with van der Waals surface area (Å²) in [4.78, 5) is 24.9. The molecule has 0 aromatic rings. The van der Waals surface area contributed by atoms with Crippen molar-refractivity contribution >= 4 is 11.8 Å². The number of hydrogen-bond acceptors (Lipinski definition) is 5. The van der Waals surface area contributed by atoms with Gasteiger partial charge in [-0.3, -0.25) is 9.59 Å². The average Bonchev–Trinajstić information content (AvgIpc) is 3.19. The fourth-order valence-corrected chi connectivity index (χ4v) is 7.82. The molecule has 5 nitrogen and oxygen atoms in total. The minimum atomic E-state index is -0.764. The summed E-state index contributed by atoms with van der Waals surface area (Å²) in [5.74, 6) is 0.608. The molecule has 0 heterocycles. The Morgan fingerprint density at radius 3 is 2.83 bits per heavy atom. The molecule has 29 heavy (non-hydrogen) atoms. The lowest BCUT2D eigenvalue weighted by atomic mass is 9.43. The number of rotatable bonds is 2. The van der Waals surface area contributed by atoms with Crippen LogP contribution in [0.25, 0.3) is 0 Å². The van der Waals surface area contributed by atoms with E-state index in [1.165, 1.54) is 5.57 Å². The minimum absolute atomic E-state index is 0.0521. The van der Waals surface area contributed by atoms with Crippen molar-refractivity contribution in [3.8, 4) is 6.07 Å². The van der Waals surface area contributed by atoms with Crippen molar-refractivity contribution in [3.63, 3.8) is 0 Å². The average molecular weight is 395 g/mol. The number of Topliss-reactive ketones (excluding diaryl/α,β-unsaturated/α-hetero) is 1. The van der Waals surface area contributed by atoms with E-state index in [0.29, 0.717) is 36.5 Å². The molecule has 0 saturated heterocycles. The summed E-state index contributed by atoms with van der Waals surface area (Å²) in [6, 6.07) is 2.59. The molecule has 5 aliphatic carbocycles. The second-order valence-electron chi connectivity index (χ2n) is 10.3. The van der Waals surface area contributed by atoms with Crippen LogP contribution in [0.1, 0.15) is 65.7 Å². The molecule has 2 bridgehead atoms. The zero-order chi connectivity index (χ0) is 20.8. The number of carbonyl (C=O) groups is 2. The van der Waals surface area contributed by atoms with E-state index in [9.17, 15) is 14.9 Å². The van der Waals surface area contributed by atoms with Gasteiger partial charge in [-0.25, -0.2) is 0 Å². The van der Waals surface area contributed by atoms with Crippen molar-refractivity contribution < 1.29 is 14.3 Å². The Balaban J connectivity index is 1.64. The second-order valence-corrected chi connectivity index (χ2v) is 10.3. The van der Waals surface area contributed by atoms with E-state index in [0.717, 1.165) is 25.7 Å². The van der Waals surface area contributed by atoms with Gasteiger partial charge in [-0.15, -0.1) is 0 Å². The summed E-state index contributed by atoms with van der Waals surface area (Å²) >= 11 is 0. The first kappa shape index (κ1) is 18.9. The molecule has 3 fully saturated rings. The Morgan fingerprint density at radius 2 is 2.14 bits per heavy atom. The van der Waals surface area contributed by atoms with Gasteiger partial charge in [0.05, 0.1) is 11.5 Å². The molecule has 0 spiro atoms. The first-order valence-corrected chi connectivity index (χ1v) is 11.1. The van der Waals surface area contributed by atoms with E-state index >= 15 is 0 Å². The number of hydrogen-bond donors (Lipinski definition) is 1. The van der Waals surface area contributed by atoms with E-state index in [1.54, 1.807) is 0 Å². The summed E-state index contributed by atoms with van der Waals surface area (Å²) in [5, 5.41) is 10.3. The van der Waals surface area contributed by atoms with Gasteiger partial charge in [-0.1, -0.05) is 32.4 Å². The molecule has 4 unspecified atom stereocenters. The molecular formula is C24H30N2O3. The summed E-state index contributed by atoms with van der Waals surface area (Å²) in [6.07, 6.45) is 7.28. The predicted molar refractivity (Wildman–Crippen MR) is 107 cm³/mol. The maximum Gasteiger partial charge on any atom is 0.305 e. The van der Waals surface area contributed by atoms with Gasteiger partial charge in [-0.2, -0.15) is 5.26 Å². The number of nitrogens with zero attached hydrogens (tertiary/aromatic N) is 1. The first-order valence-electron chi connectivity index (χ1n) is 11.1. The van der Waals surface area contributed by atoms with E-state index < -0.39 is 5.41 Å². The molecule has 7 atom stereocenters. The Morgan fingerprint density at radius 1 is 1.38 bits per heavy atom. The highest BCUT2D eigenvalue weighted by Gasteiger charge is 2.70. The standard InChI is InChI=1S/C24H30N2O3/c1-4-18(28)29-17-6-5-14-19-13-11-24(12-25)20(21(13)26)16(27)8-10-23(24,3)15(19)7-9-22(14,17)2/h7,13-14,17,19H,4-6,8-11,26H2,1-3H3/t13-,14?,17+,19?,22?,23?,24+/m1/s1. The summed E-state index contributed by atoms with van der Waals surface area (Å²) in [6.45, 7) is 6.29. The molecule has 0 aliphatic heterocycles. The number of allylic oxidation sites excluding steroid dienone is 4. The van der Waals surface area contributed by atoms with Crippen LogP contribution in [0.3, 0.4) is 0 Å². The molecule has 0 aromatic heterocycles. The highest BCUT2D eigenvalue weighted by atomic mass is 16.5. The fourth-order valence-electron chi connectivity index (χ4n) is 7.82. The molecule has 5 rings (SSSR count). The zero-order valence-electron chi connectivity index (χ0n) is 17.6. The van der Waals surface area contributed by atoms with Gasteiger partial charge in [0.2, 0.25) is 0 Å². The van der Waals surface area contributed by atoms with Crippen LogP contribution in [0, 0.1) is 45.3 Å². The first-order chi connectivity index (χ1) is 13.7. The Labute approximate surface area is 172 Å². The number of esters is 1. The van der Waals surface area contributed by atoms with Crippen LogP contribution >= 0.6 is 0 Å². The Kier molecular flexibility index (Phi) is 3.74. The number of carbonyl (C=O) groups excluding carboxylic acids is 2. The number of nitriles is 1. The van der Waals surface area contributed by atoms with Gasteiger partial charge >= 0.3 is 5.97 Å². The largest absolute Gasteiger partial charge is 0.462 e. The molecule has 5 aliphatic rings. The van der Waals surface area contributed by atoms with Gasteiger partial charge in [0.15, 0.2) is 5.78 Å². The van der Waals surface area contributed by atoms with Crippen LogP contribution in [0.5, 0.6) is 0 Å². The molecule has 0 aromatic carbocycles. The van der Waals surface area contributed by atoms with E-state index in [4.69, 9.17) is 10.5 Å². The molecule has 0 amide bonds. The Hall–Kier alpha value is -2.09. The van der Waals surface area contributed by atoms with Crippen molar-refractivity contribution in [3.05, 3.63) is 22.9 Å². The van der Waals surface area contributed by atoms with Crippen LogP contribution < -0.4 is 5.73 Å². The zero-order valence-corrected chi connectivity index (χ0v) is 17.6. The quantitative estimate of drug-likeness (QED) is 0.568. The maximum absolute atomic E-state index is 12.8. The molecule has 3 saturated carbocycles. The fraction of sp³-hybridized carbons (Fsp3) is 0.708. The van der Waals surface area contributed by atoms with E-state index in [1.807, 2.05) is 6.92 Å². The Bertz CT molecular complexity index is 927. The smallest absolute Gasteiger partial charge is 0.305 e. The molecule has 0 radical (unpaired) electrons. The van der Waals surface area contributed by atoms with Crippen molar-refractivity contribution in [1.29, 1.82) is 5.26 Å². The topological polar surface area (TPSA) is 93.2 Å². The third-order valence-electron chi connectivity index (χ3n) is 9.41. The molecule has 5 heteroatoms. The highest BCUT2D eigenvalue weighted by Crippen LogP contribution is 2.74. The van der Waals surface area contributed by atoms with Crippen molar-refractivity contribution in [2.75, 3.05) is 0 Å². The van der Waals surface area contributed by atoms with Crippen LogP contribution in [0.2, 0.25) is 0 Å². The summed E-state index contributed by atoms with van der Waals surface area (Å²) in [5.41, 5.74) is 8.11. The second kappa shape index (κ2) is 5.74. The monoisotopic (exact) mass is 394 g/mol. The number of ketones is 1. The maximum atomic E-state index is 12.8. The van der Waals surface area contributed by atoms with Gasteiger partial charge in [0.25, 0.3) is 0 Å². The van der Waals surface area contributed by atoms with E-state index in [2.05, 4.69) is 26.0 Å².